The first-order chi connectivity index (χ1) is 5.33. The van der Waals surface area contributed by atoms with Crippen LogP contribution in [0.5, 0.6) is 0 Å². The molecule has 1 aromatic heterocycles. The van der Waals surface area contributed by atoms with Crippen LogP contribution in [0.1, 0.15) is 17.9 Å². The van der Waals surface area contributed by atoms with Gasteiger partial charge in [-0.05, 0) is 26.0 Å². The highest BCUT2D eigenvalue weighted by Crippen LogP contribution is 2.04. The van der Waals surface area contributed by atoms with Crippen LogP contribution in [0.4, 0.5) is 0 Å². The van der Waals surface area contributed by atoms with Gasteiger partial charge in [0.1, 0.15) is 0 Å². The molecular formula is C8H12N2O. The largest absolute Gasteiger partial charge is 0.357 e. The lowest BCUT2D eigenvalue weighted by Crippen LogP contribution is -1.94. The Hall–Kier alpha value is -1.09. The number of hydrogen-bond acceptors (Lipinski definition) is 3. The van der Waals surface area contributed by atoms with Crippen LogP contribution < -0.4 is 5.73 Å². The molecule has 0 aliphatic rings. The van der Waals surface area contributed by atoms with Gasteiger partial charge < -0.3 is 10.3 Å². The van der Waals surface area contributed by atoms with Gasteiger partial charge in [0.2, 0.25) is 0 Å². The van der Waals surface area contributed by atoms with Crippen molar-refractivity contribution in [3.8, 4) is 0 Å². The van der Waals surface area contributed by atoms with Crippen molar-refractivity contribution < 1.29 is 4.52 Å². The van der Waals surface area contributed by atoms with E-state index in [0.29, 0.717) is 6.54 Å². The van der Waals surface area contributed by atoms with Gasteiger partial charge in [-0.3, -0.25) is 0 Å². The van der Waals surface area contributed by atoms with Crippen LogP contribution in [0.25, 0.3) is 6.08 Å². The summed E-state index contributed by atoms with van der Waals surface area (Å²) in [6.45, 7) is 2.56. The summed E-state index contributed by atoms with van der Waals surface area (Å²) in [7, 11) is 0. The molecule has 1 aromatic rings. The Kier molecular flexibility index (Phi) is 2.86. The van der Waals surface area contributed by atoms with Gasteiger partial charge in [-0.15, -0.1) is 0 Å². The molecule has 0 saturated carbocycles. The molecule has 60 valence electrons. The average Bonchev–Trinajstić information content (AvgIpc) is 2.37. The second-order valence-electron chi connectivity index (χ2n) is 2.35. The van der Waals surface area contributed by atoms with E-state index < -0.39 is 0 Å². The molecule has 11 heavy (non-hydrogen) atoms. The van der Waals surface area contributed by atoms with E-state index >= 15 is 0 Å². The summed E-state index contributed by atoms with van der Waals surface area (Å²) in [6.07, 6.45) is 4.73. The van der Waals surface area contributed by atoms with Crippen LogP contribution >= 0.6 is 0 Å². The maximum atomic E-state index is 5.30. The van der Waals surface area contributed by atoms with Crippen molar-refractivity contribution in [2.45, 2.75) is 13.3 Å². The fourth-order valence-corrected chi connectivity index (χ4v) is 0.758. The van der Waals surface area contributed by atoms with Gasteiger partial charge in [0.05, 0.1) is 5.69 Å². The minimum atomic E-state index is 0.670. The molecule has 0 radical (unpaired) electrons. The molecule has 0 amide bonds. The molecule has 0 aliphatic heterocycles. The molecule has 0 aromatic carbocycles. The molecule has 2 N–H and O–H groups in total. The Labute approximate surface area is 65.9 Å². The zero-order valence-corrected chi connectivity index (χ0v) is 6.58. The minimum Gasteiger partial charge on any atom is -0.357 e. The maximum absolute atomic E-state index is 5.30. The predicted molar refractivity (Wildman–Crippen MR) is 43.9 cm³/mol. The Bertz CT molecular complexity index is 240. The van der Waals surface area contributed by atoms with E-state index in [1.807, 2.05) is 25.1 Å². The average molecular weight is 152 g/mol. The van der Waals surface area contributed by atoms with Crippen molar-refractivity contribution in [1.82, 2.24) is 5.16 Å². The van der Waals surface area contributed by atoms with Crippen LogP contribution in [0, 0.1) is 6.92 Å². The number of nitrogens with two attached hydrogens (primary N) is 1. The van der Waals surface area contributed by atoms with Crippen LogP contribution in [0.15, 0.2) is 16.7 Å². The summed E-state index contributed by atoms with van der Waals surface area (Å²) in [4.78, 5) is 0. The van der Waals surface area contributed by atoms with Crippen molar-refractivity contribution in [3.05, 3.63) is 23.6 Å². The number of aromatic nitrogens is 1. The smallest absolute Gasteiger partial charge is 0.159 e. The first kappa shape index (κ1) is 8.01. The van der Waals surface area contributed by atoms with Crippen LogP contribution in [0.3, 0.4) is 0 Å². The summed E-state index contributed by atoms with van der Waals surface area (Å²) in [5.74, 6) is 0.788. The van der Waals surface area contributed by atoms with Crippen molar-refractivity contribution in [2.75, 3.05) is 6.54 Å². The van der Waals surface area contributed by atoms with Crippen molar-refractivity contribution in [2.24, 2.45) is 5.73 Å². The first-order valence-corrected chi connectivity index (χ1v) is 3.63. The van der Waals surface area contributed by atoms with Gasteiger partial charge in [-0.25, -0.2) is 0 Å². The topological polar surface area (TPSA) is 52.0 Å². The van der Waals surface area contributed by atoms with Crippen LogP contribution in [0.2, 0.25) is 0 Å². The molecule has 0 atom stereocenters. The van der Waals surface area contributed by atoms with Gasteiger partial charge in [-0.1, -0.05) is 11.2 Å². The zero-order chi connectivity index (χ0) is 8.10. The highest BCUT2D eigenvalue weighted by Gasteiger charge is 1.92. The zero-order valence-electron chi connectivity index (χ0n) is 6.58. The molecule has 3 nitrogen and oxygen atoms in total. The Balaban J connectivity index is 2.50. The molecule has 1 heterocycles. The van der Waals surface area contributed by atoms with Gasteiger partial charge in [-0.2, -0.15) is 0 Å². The summed E-state index contributed by atoms with van der Waals surface area (Å²) in [6, 6.07) is 1.88. The Morgan fingerprint density at radius 2 is 2.55 bits per heavy atom. The van der Waals surface area contributed by atoms with Crippen molar-refractivity contribution in [3.63, 3.8) is 0 Å². The maximum Gasteiger partial charge on any atom is 0.159 e. The predicted octanol–water partition coefficient (Wildman–Crippen LogP) is 1.35. The Morgan fingerprint density at radius 1 is 1.73 bits per heavy atom. The quantitative estimate of drug-likeness (QED) is 0.711. The fraction of sp³-hybridized carbons (Fsp3) is 0.375. The third kappa shape index (κ3) is 2.55. The molecule has 1 rings (SSSR count). The lowest BCUT2D eigenvalue weighted by atomic mass is 10.3. The molecule has 0 bridgehead atoms. The molecule has 0 spiro atoms. The monoisotopic (exact) mass is 152 g/mol. The minimum absolute atomic E-state index is 0.670. The third-order valence-electron chi connectivity index (χ3n) is 1.26. The van der Waals surface area contributed by atoms with E-state index in [0.717, 1.165) is 17.9 Å². The van der Waals surface area contributed by atoms with E-state index in [4.69, 9.17) is 10.3 Å². The molecule has 0 saturated heterocycles. The SMILES string of the molecule is Cc1cc(/C=C/CCN)on1. The second-order valence-corrected chi connectivity index (χ2v) is 2.35. The summed E-state index contributed by atoms with van der Waals surface area (Å²) in [5.41, 5.74) is 6.20. The number of aryl methyl sites for hydroxylation is 1. The number of hydrogen-bond donors (Lipinski definition) is 1. The highest BCUT2D eigenvalue weighted by atomic mass is 16.5. The summed E-state index contributed by atoms with van der Waals surface area (Å²) >= 11 is 0. The van der Waals surface area contributed by atoms with E-state index in [9.17, 15) is 0 Å². The molecule has 0 fully saturated rings. The lowest BCUT2D eigenvalue weighted by Gasteiger charge is -1.82. The van der Waals surface area contributed by atoms with Crippen molar-refractivity contribution >= 4 is 6.08 Å². The number of nitrogens with zero attached hydrogens (tertiary/aromatic N) is 1. The first-order valence-electron chi connectivity index (χ1n) is 3.63. The van der Waals surface area contributed by atoms with Gasteiger partial charge in [0.25, 0.3) is 0 Å². The highest BCUT2D eigenvalue weighted by molar-refractivity contribution is 5.42. The third-order valence-corrected chi connectivity index (χ3v) is 1.26. The summed E-state index contributed by atoms with van der Waals surface area (Å²) < 4.78 is 4.93. The van der Waals surface area contributed by atoms with E-state index in [1.54, 1.807) is 0 Å². The van der Waals surface area contributed by atoms with Gasteiger partial charge in [0, 0.05) is 6.07 Å². The van der Waals surface area contributed by atoms with Gasteiger partial charge >= 0.3 is 0 Å². The van der Waals surface area contributed by atoms with E-state index in [-0.39, 0.29) is 0 Å². The Morgan fingerprint density at radius 3 is 3.09 bits per heavy atom. The van der Waals surface area contributed by atoms with Crippen LogP contribution in [-0.2, 0) is 0 Å². The lowest BCUT2D eigenvalue weighted by molar-refractivity contribution is 0.408. The molecule has 0 unspecified atom stereocenters. The molecule has 3 heteroatoms. The van der Waals surface area contributed by atoms with Crippen LogP contribution in [-0.4, -0.2) is 11.7 Å². The second kappa shape index (κ2) is 3.93. The fourth-order valence-electron chi connectivity index (χ4n) is 0.758. The van der Waals surface area contributed by atoms with E-state index in [1.165, 1.54) is 0 Å². The normalized spacial score (nSPS) is 11.1. The number of rotatable bonds is 3. The van der Waals surface area contributed by atoms with Gasteiger partial charge in [0.15, 0.2) is 5.76 Å². The molecule has 0 aliphatic carbocycles. The standard InChI is InChI=1S/C8H12N2O/c1-7-6-8(11-10-7)4-2-3-5-9/h2,4,6H,3,5,9H2,1H3/b4-2+. The van der Waals surface area contributed by atoms with E-state index in [2.05, 4.69) is 5.16 Å². The summed E-state index contributed by atoms with van der Waals surface area (Å²) in [5, 5.41) is 3.74. The van der Waals surface area contributed by atoms with Crippen molar-refractivity contribution in [1.29, 1.82) is 0 Å². The molecular weight excluding hydrogens is 140 g/mol.